The average Bonchev–Trinajstić information content (AvgIpc) is 2.25. The van der Waals surface area contributed by atoms with Crippen LogP contribution in [0, 0.1) is 0 Å². The van der Waals surface area contributed by atoms with E-state index in [-0.39, 0.29) is 11.4 Å². The summed E-state index contributed by atoms with van der Waals surface area (Å²) in [6.45, 7) is -0.463. The number of aliphatic hydroxyl groups is 1. The summed E-state index contributed by atoms with van der Waals surface area (Å²) in [5.41, 5.74) is -0.135. The third-order valence-electron chi connectivity index (χ3n) is 1.81. The number of hydrogen-bond donors (Lipinski definition) is 3. The molecule has 1 aromatic rings. The molecular weight excluding hydrogens is 222 g/mol. The Balaban J connectivity index is 2.70. The smallest absolute Gasteiger partial charge is 0.339 e. The predicted molar refractivity (Wildman–Crippen MR) is 51.7 cm³/mol. The SMILES string of the molecule is O=C(O)c1cccnc1NCC(O)C(F)F. The highest BCUT2D eigenvalue weighted by Gasteiger charge is 2.18. The monoisotopic (exact) mass is 232 g/mol. The van der Waals surface area contributed by atoms with Gasteiger partial charge in [0.25, 0.3) is 6.43 Å². The summed E-state index contributed by atoms with van der Waals surface area (Å²) in [4.78, 5) is 14.4. The molecule has 0 saturated carbocycles. The van der Waals surface area contributed by atoms with Crippen LogP contribution in [0.3, 0.4) is 0 Å². The Kier molecular flexibility index (Phi) is 4.12. The fraction of sp³-hybridized carbons (Fsp3) is 0.333. The summed E-state index contributed by atoms with van der Waals surface area (Å²) >= 11 is 0. The second-order valence-corrected chi connectivity index (χ2v) is 2.99. The van der Waals surface area contributed by atoms with Gasteiger partial charge in [-0.3, -0.25) is 0 Å². The van der Waals surface area contributed by atoms with Crippen LogP contribution in [0.5, 0.6) is 0 Å². The molecule has 1 heterocycles. The molecule has 0 aliphatic carbocycles. The van der Waals surface area contributed by atoms with E-state index in [2.05, 4.69) is 10.3 Å². The van der Waals surface area contributed by atoms with Gasteiger partial charge in [0, 0.05) is 12.7 Å². The maximum absolute atomic E-state index is 12.0. The number of halogens is 2. The van der Waals surface area contributed by atoms with Gasteiger partial charge in [0.05, 0.1) is 0 Å². The minimum absolute atomic E-state index is 0.0466. The number of alkyl halides is 2. The second-order valence-electron chi connectivity index (χ2n) is 2.99. The molecule has 0 spiro atoms. The van der Waals surface area contributed by atoms with Gasteiger partial charge in [0.15, 0.2) is 0 Å². The van der Waals surface area contributed by atoms with Crippen molar-refractivity contribution in [2.24, 2.45) is 0 Å². The molecule has 1 atom stereocenters. The number of carboxylic acids is 1. The van der Waals surface area contributed by atoms with Crippen LogP contribution in [0.2, 0.25) is 0 Å². The van der Waals surface area contributed by atoms with Crippen molar-refractivity contribution in [3.8, 4) is 0 Å². The van der Waals surface area contributed by atoms with Crippen molar-refractivity contribution in [1.29, 1.82) is 0 Å². The van der Waals surface area contributed by atoms with Crippen molar-refractivity contribution in [3.05, 3.63) is 23.9 Å². The first-order valence-electron chi connectivity index (χ1n) is 4.40. The molecule has 0 aliphatic heterocycles. The number of nitrogens with one attached hydrogen (secondary N) is 1. The number of hydrogen-bond acceptors (Lipinski definition) is 4. The van der Waals surface area contributed by atoms with Crippen molar-refractivity contribution in [1.82, 2.24) is 4.98 Å². The molecule has 0 amide bonds. The quantitative estimate of drug-likeness (QED) is 0.700. The van der Waals surface area contributed by atoms with E-state index in [0.29, 0.717) is 0 Å². The van der Waals surface area contributed by atoms with E-state index in [9.17, 15) is 13.6 Å². The summed E-state index contributed by atoms with van der Waals surface area (Å²) in [6, 6.07) is 2.70. The zero-order valence-electron chi connectivity index (χ0n) is 8.10. The molecule has 5 nitrogen and oxygen atoms in total. The van der Waals surface area contributed by atoms with Gasteiger partial charge >= 0.3 is 5.97 Å². The van der Waals surface area contributed by atoms with E-state index < -0.39 is 25.0 Å². The number of pyridine rings is 1. The van der Waals surface area contributed by atoms with Gasteiger partial charge in [-0.2, -0.15) is 0 Å². The molecule has 7 heteroatoms. The number of aliphatic hydroxyl groups excluding tert-OH is 1. The number of aromatic carboxylic acids is 1. The van der Waals surface area contributed by atoms with E-state index in [1.807, 2.05) is 0 Å². The first-order chi connectivity index (χ1) is 7.52. The van der Waals surface area contributed by atoms with Gasteiger partial charge in [-0.1, -0.05) is 0 Å². The van der Waals surface area contributed by atoms with Gasteiger partial charge in [0.2, 0.25) is 0 Å². The van der Waals surface area contributed by atoms with Crippen molar-refractivity contribution in [3.63, 3.8) is 0 Å². The summed E-state index contributed by atoms with van der Waals surface area (Å²) in [5, 5.41) is 19.9. The number of aromatic nitrogens is 1. The van der Waals surface area contributed by atoms with Gasteiger partial charge in [0.1, 0.15) is 17.5 Å². The highest BCUT2D eigenvalue weighted by Crippen LogP contribution is 2.11. The Morgan fingerprint density at radius 3 is 2.81 bits per heavy atom. The molecule has 1 aromatic heterocycles. The van der Waals surface area contributed by atoms with Crippen molar-refractivity contribution in [2.45, 2.75) is 12.5 Å². The van der Waals surface area contributed by atoms with Gasteiger partial charge in [-0.25, -0.2) is 18.6 Å². The summed E-state index contributed by atoms with van der Waals surface area (Å²) < 4.78 is 23.9. The number of rotatable bonds is 5. The van der Waals surface area contributed by atoms with Crippen LogP contribution in [0.1, 0.15) is 10.4 Å². The molecule has 88 valence electrons. The Morgan fingerprint density at radius 1 is 1.56 bits per heavy atom. The van der Waals surface area contributed by atoms with E-state index in [1.165, 1.54) is 18.3 Å². The lowest BCUT2D eigenvalue weighted by molar-refractivity contribution is 0.00380. The molecule has 0 aromatic carbocycles. The maximum Gasteiger partial charge on any atom is 0.339 e. The lowest BCUT2D eigenvalue weighted by Gasteiger charge is -2.12. The molecule has 3 N–H and O–H groups in total. The predicted octanol–water partition coefficient (Wildman–Crippen LogP) is 0.818. The fourth-order valence-corrected chi connectivity index (χ4v) is 1.01. The first kappa shape index (κ1) is 12.3. The van der Waals surface area contributed by atoms with Crippen molar-refractivity contribution in [2.75, 3.05) is 11.9 Å². The number of nitrogens with zero attached hydrogens (tertiary/aromatic N) is 1. The Bertz CT molecular complexity index is 374. The van der Waals surface area contributed by atoms with Crippen LogP contribution < -0.4 is 5.32 Å². The third kappa shape index (κ3) is 3.13. The Morgan fingerprint density at radius 2 is 2.25 bits per heavy atom. The Labute approximate surface area is 89.7 Å². The van der Waals surface area contributed by atoms with Crippen LogP contribution in [-0.2, 0) is 0 Å². The average molecular weight is 232 g/mol. The molecule has 0 saturated heterocycles. The summed E-state index contributed by atoms with van der Waals surface area (Å²) in [5.74, 6) is -1.27. The Hall–Kier alpha value is -1.76. The minimum Gasteiger partial charge on any atom is -0.478 e. The standard InChI is InChI=1S/C9H10F2N2O3/c10-7(11)6(14)4-13-8-5(9(15)16)2-1-3-12-8/h1-3,6-7,14H,4H2,(H,12,13)(H,15,16). The number of carbonyl (C=O) groups is 1. The largest absolute Gasteiger partial charge is 0.478 e. The first-order valence-corrected chi connectivity index (χ1v) is 4.40. The van der Waals surface area contributed by atoms with Gasteiger partial charge < -0.3 is 15.5 Å². The molecule has 1 unspecified atom stereocenters. The highest BCUT2D eigenvalue weighted by molar-refractivity contribution is 5.92. The molecule has 0 bridgehead atoms. The lowest BCUT2D eigenvalue weighted by atomic mass is 10.2. The van der Waals surface area contributed by atoms with E-state index in [1.54, 1.807) is 0 Å². The summed E-state index contributed by atoms with van der Waals surface area (Å²) in [6.07, 6.45) is -3.42. The highest BCUT2D eigenvalue weighted by atomic mass is 19.3. The second kappa shape index (κ2) is 5.36. The van der Waals surface area contributed by atoms with Crippen LogP contribution >= 0.6 is 0 Å². The topological polar surface area (TPSA) is 82.5 Å². The summed E-state index contributed by atoms with van der Waals surface area (Å²) in [7, 11) is 0. The molecule has 0 aliphatic rings. The molecule has 16 heavy (non-hydrogen) atoms. The fourth-order valence-electron chi connectivity index (χ4n) is 1.01. The number of anilines is 1. The van der Waals surface area contributed by atoms with Crippen LogP contribution in [0.4, 0.5) is 14.6 Å². The molecule has 0 fully saturated rings. The van der Waals surface area contributed by atoms with Crippen molar-refractivity contribution >= 4 is 11.8 Å². The lowest BCUT2D eigenvalue weighted by Crippen LogP contribution is -2.27. The molecule has 0 radical (unpaired) electrons. The third-order valence-corrected chi connectivity index (χ3v) is 1.81. The van der Waals surface area contributed by atoms with Crippen LogP contribution in [-0.4, -0.2) is 40.2 Å². The maximum atomic E-state index is 12.0. The minimum atomic E-state index is -2.88. The normalized spacial score (nSPS) is 12.5. The van der Waals surface area contributed by atoms with Crippen LogP contribution in [0.25, 0.3) is 0 Å². The van der Waals surface area contributed by atoms with Gasteiger partial charge in [-0.15, -0.1) is 0 Å². The van der Waals surface area contributed by atoms with Crippen LogP contribution in [0.15, 0.2) is 18.3 Å². The number of carboxylic acid groups (broad SMARTS) is 1. The van der Waals surface area contributed by atoms with Crippen molar-refractivity contribution < 1.29 is 23.8 Å². The zero-order valence-corrected chi connectivity index (χ0v) is 8.10. The van der Waals surface area contributed by atoms with E-state index in [4.69, 9.17) is 10.2 Å². The van der Waals surface area contributed by atoms with Gasteiger partial charge in [-0.05, 0) is 12.1 Å². The van der Waals surface area contributed by atoms with E-state index in [0.717, 1.165) is 0 Å². The zero-order chi connectivity index (χ0) is 12.1. The molecular formula is C9H10F2N2O3. The molecule has 1 rings (SSSR count). The van der Waals surface area contributed by atoms with E-state index >= 15 is 0 Å².